The van der Waals surface area contributed by atoms with Crippen LogP contribution in [0.1, 0.15) is 153 Å². The van der Waals surface area contributed by atoms with Crippen LogP contribution in [0.2, 0.25) is 20.4 Å². The van der Waals surface area contributed by atoms with E-state index < -0.39 is 46.8 Å². The van der Waals surface area contributed by atoms with Crippen molar-refractivity contribution in [1.29, 1.82) is 5.26 Å². The van der Waals surface area contributed by atoms with Gasteiger partial charge in [0.1, 0.15) is 56.7 Å². The molecule has 2 atom stereocenters. The molecule has 2 unspecified atom stereocenters. The number of phenols is 5. The standard InChI is InChI=1S/C27H29N3O.C22H12Cl4N2O4.C21H18NO4.C17H17BrN2O5.C17H21N3O3S.C2H5I/c1-4-31-26-12-11-21-22(18(2)3)16-20(17-25(21)28-26)23-15-19-9-5-6-10-24(19)29-27(23)30-13-7-8-14-30;23-12-9-13(19(31)10-5-1-3-7-14(10)29)28(22(12)26)18-16(24)21(25)27-17(18)20(32)11-6-2-4-8-15(11)30;1-22-10-16-13(6-7-17(23-2)21(16)24-3)14-5-4-12-8-18-19(26-11-25-18)9-15(12)20(14)22;1-3-23-16(21)11(8-19)13-10-7-9(18)5-6-12(10)25-15(20)14(13)17(22)24-4-2;1-11-10-24-17(19-13-5-3-2-4-6-13)20(11)18-9-12-7-8-14(21)16(23)15(12)22;1-2-3/h5-6,9-12,15-18H,4,7-8,13-14H2,1-3H3;1-9,27,29-30H;4-10H,11H2,1-3H3;5-7,11,13H,3-4,20H2,1-2H3;7-10,13,21-23H,2-6H2,1H3;2H2,1H3/q;;+1;;;/b;;;;18-9+,19-17?;. The monoisotopic (exact) mass is 2180 g/mol. The molecule has 1 saturated carbocycles. The molecule has 3 aliphatic heterocycles. The Balaban J connectivity index is 0.000000140. The molecule has 35 heteroatoms. The number of hydrogen-bond acceptors (Lipinski definition) is 25. The highest BCUT2D eigenvalue weighted by molar-refractivity contribution is 14.1. The third-order valence-corrected chi connectivity index (χ3v) is 26.7. The Labute approximate surface area is 858 Å². The molecule has 6 aromatic heterocycles. The number of thiazole rings is 1. The predicted octanol–water partition coefficient (Wildman–Crippen LogP) is 23.5. The number of fused-ring (bicyclic) bond motifs is 9. The van der Waals surface area contributed by atoms with Crippen molar-refractivity contribution >= 4 is 186 Å². The topological polar surface area (TPSA) is 376 Å². The number of esters is 2. The zero-order valence-corrected chi connectivity index (χ0v) is 86.2. The molecule has 0 spiro atoms. The molecule has 141 heavy (non-hydrogen) atoms. The first-order valence-electron chi connectivity index (χ1n) is 45.5. The Morgan fingerprint density at radius 2 is 1.38 bits per heavy atom. The second-order valence-corrected chi connectivity index (χ2v) is 37.9. The Kier molecular flexibility index (Phi) is 34.4. The minimum atomic E-state index is -1.27. The van der Waals surface area contributed by atoms with Gasteiger partial charge in [0.15, 0.2) is 46.6 Å². The number of ketones is 2. The van der Waals surface area contributed by atoms with Crippen molar-refractivity contribution in [1.82, 2.24) is 24.2 Å². The fraction of sp³-hybridized carbons (Fsp3) is 0.264. The van der Waals surface area contributed by atoms with Crippen LogP contribution >= 0.6 is 96.3 Å². The molecule has 4 aliphatic rings. The van der Waals surface area contributed by atoms with Crippen LogP contribution in [0.15, 0.2) is 214 Å². The fourth-order valence-corrected chi connectivity index (χ4v) is 19.2. The first kappa shape index (κ1) is 104. The molecule has 730 valence electrons. The van der Waals surface area contributed by atoms with Gasteiger partial charge < -0.3 is 79.0 Å². The Hall–Kier alpha value is -13.3. The normalized spacial score (nSPS) is 14.0. The van der Waals surface area contributed by atoms with Gasteiger partial charge in [0, 0.05) is 61.9 Å². The van der Waals surface area contributed by atoms with Crippen molar-refractivity contribution in [3.05, 3.63) is 273 Å². The van der Waals surface area contributed by atoms with Gasteiger partial charge in [0.2, 0.25) is 46.2 Å². The van der Waals surface area contributed by atoms with E-state index in [-0.39, 0.29) is 97.3 Å². The molecule has 0 amide bonds. The number of hydrogen-bond donors (Lipinski definition) is 7. The number of rotatable bonds is 20. The maximum atomic E-state index is 13.2. The van der Waals surface area contributed by atoms with Gasteiger partial charge in [0.05, 0.1) is 119 Å². The smallest absolute Gasteiger partial charge is 0.340 e. The zero-order chi connectivity index (χ0) is 101. The number of nitriles is 1. The number of halogens is 6. The minimum absolute atomic E-state index is 0.00841. The number of alkyl halides is 1. The highest BCUT2D eigenvalue weighted by Crippen LogP contribution is 2.48. The summed E-state index contributed by atoms with van der Waals surface area (Å²) >= 11 is 32.3. The number of phenolic OH excluding ortho intramolecular Hbond substituents is 5. The van der Waals surface area contributed by atoms with E-state index in [0.29, 0.717) is 45.8 Å². The molecule has 15 aromatic rings. The lowest BCUT2D eigenvalue weighted by atomic mass is 9.79. The molecule has 2 fully saturated rings. The second-order valence-electron chi connectivity index (χ2n) is 33.1. The van der Waals surface area contributed by atoms with Crippen LogP contribution in [0.25, 0.3) is 71.1 Å². The second kappa shape index (κ2) is 46.8. The molecular weight excluding hydrogens is 2080 g/mol. The van der Waals surface area contributed by atoms with Crippen LogP contribution < -0.4 is 48.4 Å². The van der Waals surface area contributed by atoms with Crippen LogP contribution in [0, 0.1) is 24.2 Å². The number of aromatic hydroxyl groups is 5. The number of nitrogens with zero attached hydrogens (tertiary/aromatic N) is 9. The first-order chi connectivity index (χ1) is 68.0. The summed E-state index contributed by atoms with van der Waals surface area (Å²) in [7, 11) is 5.37. The average Bonchev–Trinajstić information content (AvgIpc) is 0.916. The van der Waals surface area contributed by atoms with Gasteiger partial charge in [-0.25, -0.2) is 19.4 Å². The number of anilines is 1. The maximum Gasteiger partial charge on any atom is 0.340 e. The summed E-state index contributed by atoms with van der Waals surface area (Å²) in [5, 5.41) is 72.7. The summed E-state index contributed by atoms with van der Waals surface area (Å²) in [5.74, 6) is -1.37. The number of pyridine rings is 3. The number of aryl methyl sites for hydroxylation is 2. The summed E-state index contributed by atoms with van der Waals surface area (Å²) in [5.41, 5.74) is 14.2. The number of H-pyrrole nitrogens is 1. The summed E-state index contributed by atoms with van der Waals surface area (Å²) < 4.78 is 50.4. The number of ether oxygens (including phenoxy) is 8. The van der Waals surface area contributed by atoms with Crippen LogP contribution in [-0.2, 0) is 26.1 Å². The van der Waals surface area contributed by atoms with Crippen LogP contribution in [0.4, 0.5) is 5.82 Å². The first-order valence-corrected chi connectivity index (χ1v) is 50.2. The summed E-state index contributed by atoms with van der Waals surface area (Å²) in [4.78, 5) is 71.9. The maximum absolute atomic E-state index is 13.2. The molecule has 0 bridgehead atoms. The van der Waals surface area contributed by atoms with E-state index in [4.69, 9.17) is 105 Å². The highest BCUT2D eigenvalue weighted by atomic mass is 127. The third kappa shape index (κ3) is 22.7. The van der Waals surface area contributed by atoms with Gasteiger partial charge in [-0.2, -0.15) is 14.9 Å². The van der Waals surface area contributed by atoms with Gasteiger partial charge in [-0.3, -0.25) is 23.9 Å². The van der Waals surface area contributed by atoms with Gasteiger partial charge in [-0.15, -0.1) is 11.3 Å². The van der Waals surface area contributed by atoms with E-state index in [1.54, 1.807) is 86.5 Å². The van der Waals surface area contributed by atoms with Crippen molar-refractivity contribution < 1.29 is 87.2 Å². The molecule has 9 aromatic carbocycles. The van der Waals surface area contributed by atoms with Crippen molar-refractivity contribution in [2.24, 2.45) is 28.8 Å². The summed E-state index contributed by atoms with van der Waals surface area (Å²) in [6.07, 6.45) is 12.0. The Morgan fingerprint density at radius 3 is 2.06 bits per heavy atom. The number of aromatic nitrogens is 6. The lowest BCUT2D eigenvalue weighted by molar-refractivity contribution is -0.642. The number of carbonyl (C=O) groups is 4. The zero-order valence-electron chi connectivity index (χ0n) is 78.6. The lowest BCUT2D eigenvalue weighted by Gasteiger charge is -2.30. The highest BCUT2D eigenvalue weighted by Gasteiger charge is 2.44. The molecule has 1 saturated heterocycles. The van der Waals surface area contributed by atoms with Crippen LogP contribution in [-0.4, -0.2) is 144 Å². The minimum Gasteiger partial charge on any atom is -0.507 e. The van der Waals surface area contributed by atoms with Gasteiger partial charge in [0.25, 0.3) is 0 Å². The summed E-state index contributed by atoms with van der Waals surface area (Å²) in [6, 6.07) is 55.0. The quantitative estimate of drug-likeness (QED) is 0.00544. The summed E-state index contributed by atoms with van der Waals surface area (Å²) in [6.45, 7) is 17.1. The third-order valence-electron chi connectivity index (χ3n) is 23.7. The molecule has 8 N–H and O–H groups in total. The number of nitrogens with one attached hydrogen (secondary N) is 1. The Bertz CT molecular complexity index is 7350. The lowest BCUT2D eigenvalue weighted by Crippen LogP contribution is -2.33. The van der Waals surface area contributed by atoms with Crippen molar-refractivity contribution in [2.75, 3.05) is 63.3 Å². The van der Waals surface area contributed by atoms with Gasteiger partial charge in [-0.1, -0.05) is 180 Å². The number of aromatic amines is 1. The molecular formula is C106H102BrCl4IN11O17S+. The molecule has 9 heterocycles. The molecule has 19 rings (SSSR count). The van der Waals surface area contributed by atoms with Crippen molar-refractivity contribution in [2.45, 2.75) is 111 Å². The van der Waals surface area contributed by atoms with Crippen LogP contribution in [0.3, 0.4) is 0 Å². The van der Waals surface area contributed by atoms with E-state index in [0.717, 1.165) is 109 Å². The number of carbonyl (C=O) groups excluding carboxylic acids is 4. The largest absolute Gasteiger partial charge is 0.507 e. The number of para-hydroxylation sites is 3. The number of nitrogens with two attached hydrogens (primary N) is 1. The molecule has 1 aliphatic carbocycles. The number of benzene rings is 9. The van der Waals surface area contributed by atoms with Crippen molar-refractivity contribution in [3.8, 4) is 86.3 Å². The Morgan fingerprint density at radius 1 is 0.709 bits per heavy atom. The molecule has 0 radical (unpaired) electrons. The van der Waals surface area contributed by atoms with Gasteiger partial charge in [-0.05, 0) is 195 Å². The SMILES string of the molecule is CCI.CCOC(=O)C1=C(N)Oc2ccc(Br)cc2C1C(C#N)C(=O)OCC.CCOc1ccc2c(C(C)C)cc(-c3cc4ccccc4nc3N3CCCC3)cc2n1.COc1ccc2c(c[n+](C)c3c4cc5c(cc4ccc23)OCO5)c1OC.Cc1csc(=NC2CCCCC2)n1/N=C/c1ccc(O)c(O)c1O.O=C(c1ccccc1O)c1[nH]c(Cl)c(Cl)c1-n1c(C(=O)c2ccccc2O)cc(Cl)c1Cl. The number of methoxy groups -OCH3 is 2. The average molecular weight is 2180 g/mol. The van der Waals surface area contributed by atoms with E-state index >= 15 is 0 Å². The van der Waals surface area contributed by atoms with Crippen LogP contribution in [0.5, 0.6) is 63.4 Å². The van der Waals surface area contributed by atoms with Crippen molar-refractivity contribution in [3.63, 3.8) is 0 Å². The van der Waals surface area contributed by atoms with E-state index in [1.807, 2.05) is 50.5 Å². The predicted molar refractivity (Wildman–Crippen MR) is 561 cm³/mol. The van der Waals surface area contributed by atoms with E-state index in [1.165, 1.54) is 117 Å². The fourth-order valence-electron chi connectivity index (χ4n) is 17.1. The van der Waals surface area contributed by atoms with E-state index in [9.17, 15) is 50.0 Å². The van der Waals surface area contributed by atoms with E-state index in [2.05, 4.69) is 158 Å². The van der Waals surface area contributed by atoms with Gasteiger partial charge >= 0.3 is 11.9 Å². The molecule has 28 nitrogen and oxygen atoms in total.